The molecular weight excluding hydrogens is 298 g/mol. The van der Waals surface area contributed by atoms with Gasteiger partial charge in [-0.05, 0) is 37.8 Å². The van der Waals surface area contributed by atoms with Crippen LogP contribution in [0.25, 0.3) is 0 Å². The van der Waals surface area contributed by atoms with Gasteiger partial charge in [-0.3, -0.25) is 19.5 Å². The van der Waals surface area contributed by atoms with Gasteiger partial charge in [-0.15, -0.1) is 0 Å². The predicted molar refractivity (Wildman–Crippen MR) is 81.9 cm³/mol. The first-order valence-electron chi connectivity index (χ1n) is 7.87. The van der Waals surface area contributed by atoms with E-state index in [4.69, 9.17) is 4.74 Å². The van der Waals surface area contributed by atoms with Gasteiger partial charge in [-0.1, -0.05) is 0 Å². The summed E-state index contributed by atoms with van der Waals surface area (Å²) in [7, 11) is 1.57. The summed E-state index contributed by atoms with van der Waals surface area (Å²) in [5.41, 5.74) is 0.741. The molecule has 1 aromatic heterocycles. The van der Waals surface area contributed by atoms with Crippen molar-refractivity contribution in [3.63, 3.8) is 0 Å². The molecule has 1 saturated heterocycles. The van der Waals surface area contributed by atoms with E-state index in [1.54, 1.807) is 25.4 Å². The third-order valence-electron chi connectivity index (χ3n) is 4.47. The van der Waals surface area contributed by atoms with E-state index in [1.165, 1.54) is 0 Å². The number of carbonyl (C=O) groups is 2. The minimum atomic E-state index is -0.830. The van der Waals surface area contributed by atoms with Gasteiger partial charge in [0, 0.05) is 6.04 Å². The number of carboxylic acid groups (broad SMARTS) is 1. The van der Waals surface area contributed by atoms with Gasteiger partial charge >= 0.3 is 5.97 Å². The van der Waals surface area contributed by atoms with Crippen LogP contribution in [0.3, 0.4) is 0 Å². The molecule has 1 aliphatic heterocycles. The molecule has 2 fully saturated rings. The van der Waals surface area contributed by atoms with Gasteiger partial charge in [0.2, 0.25) is 5.91 Å². The Morgan fingerprint density at radius 1 is 1.30 bits per heavy atom. The summed E-state index contributed by atoms with van der Waals surface area (Å²) in [6.07, 6.45) is 4.69. The number of nitrogens with zero attached hydrogens (tertiary/aromatic N) is 2. The van der Waals surface area contributed by atoms with Crippen LogP contribution in [-0.2, 0) is 16.1 Å². The summed E-state index contributed by atoms with van der Waals surface area (Å²) in [6.45, 7) is 0.329. The molecule has 3 rings (SSSR count). The second-order valence-corrected chi connectivity index (χ2v) is 6.03. The maximum Gasteiger partial charge on any atom is 0.320 e. The second-order valence-electron chi connectivity index (χ2n) is 6.03. The Balaban J connectivity index is 1.59. The summed E-state index contributed by atoms with van der Waals surface area (Å²) >= 11 is 0. The largest absolute Gasteiger partial charge is 0.495 e. The zero-order chi connectivity index (χ0) is 16.4. The average Bonchev–Trinajstić information content (AvgIpc) is 3.30. The Kier molecular flexibility index (Phi) is 4.47. The number of nitrogens with one attached hydrogen (secondary N) is 1. The highest BCUT2D eigenvalue weighted by molar-refractivity contribution is 5.84. The molecule has 1 aliphatic carbocycles. The van der Waals surface area contributed by atoms with Crippen molar-refractivity contribution < 1.29 is 19.4 Å². The fourth-order valence-corrected chi connectivity index (χ4v) is 3.16. The Morgan fingerprint density at radius 3 is 2.61 bits per heavy atom. The SMILES string of the molecule is COc1ccc(CNC(=O)C2CCC(C(=O)O)N2C2CC2)nc1. The highest BCUT2D eigenvalue weighted by Gasteiger charge is 2.48. The van der Waals surface area contributed by atoms with Crippen molar-refractivity contribution in [3.8, 4) is 5.75 Å². The number of hydrogen-bond acceptors (Lipinski definition) is 5. The standard InChI is InChI=1S/C16H21N3O4/c1-23-12-5-2-10(17-9-12)8-18-15(20)13-6-7-14(16(21)22)19(13)11-3-4-11/h2,5,9,11,13-14H,3-4,6-8H2,1H3,(H,18,20)(H,21,22). The van der Waals surface area contributed by atoms with Gasteiger partial charge in [0.15, 0.2) is 0 Å². The summed E-state index contributed by atoms with van der Waals surface area (Å²) < 4.78 is 5.05. The first-order chi connectivity index (χ1) is 11.1. The lowest BCUT2D eigenvalue weighted by atomic mass is 10.2. The Labute approximate surface area is 134 Å². The van der Waals surface area contributed by atoms with Gasteiger partial charge in [0.1, 0.15) is 11.8 Å². The van der Waals surface area contributed by atoms with Crippen molar-refractivity contribution in [2.24, 2.45) is 0 Å². The lowest BCUT2D eigenvalue weighted by Gasteiger charge is -2.27. The van der Waals surface area contributed by atoms with Crippen molar-refractivity contribution in [1.82, 2.24) is 15.2 Å². The summed E-state index contributed by atoms with van der Waals surface area (Å²) in [5.74, 6) is -0.276. The number of pyridine rings is 1. The molecule has 0 radical (unpaired) electrons. The van der Waals surface area contributed by atoms with Gasteiger partial charge in [-0.25, -0.2) is 0 Å². The van der Waals surface area contributed by atoms with E-state index >= 15 is 0 Å². The van der Waals surface area contributed by atoms with Crippen LogP contribution < -0.4 is 10.1 Å². The van der Waals surface area contributed by atoms with Gasteiger partial charge in [0.05, 0.1) is 31.6 Å². The van der Waals surface area contributed by atoms with Crippen LogP contribution in [0, 0.1) is 0 Å². The number of aromatic nitrogens is 1. The zero-order valence-corrected chi connectivity index (χ0v) is 13.1. The first kappa shape index (κ1) is 15.7. The van der Waals surface area contributed by atoms with Crippen LogP contribution in [0.2, 0.25) is 0 Å². The van der Waals surface area contributed by atoms with Gasteiger partial charge < -0.3 is 15.2 Å². The summed E-state index contributed by atoms with van der Waals surface area (Å²) in [4.78, 5) is 29.9. The maximum atomic E-state index is 12.5. The van der Waals surface area contributed by atoms with Crippen molar-refractivity contribution in [3.05, 3.63) is 24.0 Å². The molecule has 2 unspecified atom stereocenters. The first-order valence-corrected chi connectivity index (χ1v) is 7.87. The van der Waals surface area contributed by atoms with Crippen LogP contribution in [0.15, 0.2) is 18.3 Å². The molecular formula is C16H21N3O4. The average molecular weight is 319 g/mol. The number of likely N-dealkylation sites (tertiary alicyclic amines) is 1. The number of amides is 1. The number of ether oxygens (including phenoxy) is 1. The normalized spacial score (nSPS) is 24.4. The maximum absolute atomic E-state index is 12.5. The van der Waals surface area contributed by atoms with Crippen LogP contribution in [0.5, 0.6) is 5.75 Å². The number of aliphatic carboxylic acids is 1. The summed E-state index contributed by atoms with van der Waals surface area (Å²) in [5, 5.41) is 12.2. The zero-order valence-electron chi connectivity index (χ0n) is 13.1. The monoisotopic (exact) mass is 319 g/mol. The van der Waals surface area contributed by atoms with Crippen LogP contribution in [0.1, 0.15) is 31.4 Å². The molecule has 0 bridgehead atoms. The topological polar surface area (TPSA) is 91.8 Å². The van der Waals surface area contributed by atoms with E-state index in [1.807, 2.05) is 4.90 Å². The molecule has 124 valence electrons. The van der Waals surface area contributed by atoms with E-state index in [9.17, 15) is 14.7 Å². The quantitative estimate of drug-likeness (QED) is 0.805. The number of methoxy groups -OCH3 is 1. The number of rotatable bonds is 6. The number of hydrogen-bond donors (Lipinski definition) is 2. The molecule has 0 spiro atoms. The van der Waals surface area contributed by atoms with Crippen molar-refractivity contribution in [2.45, 2.75) is 50.4 Å². The molecule has 1 saturated carbocycles. The second kappa shape index (κ2) is 6.54. The number of carboxylic acids is 1. The molecule has 23 heavy (non-hydrogen) atoms. The lowest BCUT2D eigenvalue weighted by Crippen LogP contribution is -2.49. The Morgan fingerprint density at radius 2 is 2.04 bits per heavy atom. The van der Waals surface area contributed by atoms with Crippen molar-refractivity contribution in [2.75, 3.05) is 7.11 Å². The fourth-order valence-electron chi connectivity index (χ4n) is 3.16. The molecule has 1 aromatic rings. The smallest absolute Gasteiger partial charge is 0.320 e. The molecule has 1 amide bonds. The van der Waals surface area contributed by atoms with Gasteiger partial charge in [-0.2, -0.15) is 0 Å². The minimum absolute atomic E-state index is 0.113. The van der Waals surface area contributed by atoms with E-state index in [0.29, 0.717) is 25.1 Å². The van der Waals surface area contributed by atoms with Gasteiger partial charge in [0.25, 0.3) is 0 Å². The lowest BCUT2D eigenvalue weighted by molar-refractivity contribution is -0.143. The molecule has 2 N–H and O–H groups in total. The van der Waals surface area contributed by atoms with E-state index in [0.717, 1.165) is 18.5 Å². The van der Waals surface area contributed by atoms with E-state index < -0.39 is 12.0 Å². The fraction of sp³-hybridized carbons (Fsp3) is 0.562. The predicted octanol–water partition coefficient (Wildman–Crippen LogP) is 0.786. The van der Waals surface area contributed by atoms with E-state index in [-0.39, 0.29) is 18.0 Å². The van der Waals surface area contributed by atoms with Crippen molar-refractivity contribution >= 4 is 11.9 Å². The minimum Gasteiger partial charge on any atom is -0.495 e. The molecule has 2 heterocycles. The highest BCUT2D eigenvalue weighted by atomic mass is 16.5. The third-order valence-corrected chi connectivity index (χ3v) is 4.47. The molecule has 7 heteroatoms. The van der Waals surface area contributed by atoms with Crippen LogP contribution in [0.4, 0.5) is 0 Å². The van der Waals surface area contributed by atoms with Crippen molar-refractivity contribution in [1.29, 1.82) is 0 Å². The third kappa shape index (κ3) is 3.44. The Hall–Kier alpha value is -2.15. The highest BCUT2D eigenvalue weighted by Crippen LogP contribution is 2.37. The summed E-state index contributed by atoms with van der Waals surface area (Å²) in [6, 6.07) is 2.96. The number of carbonyl (C=O) groups excluding carboxylic acids is 1. The van der Waals surface area contributed by atoms with Crippen LogP contribution >= 0.6 is 0 Å². The Bertz CT molecular complexity index is 585. The molecule has 7 nitrogen and oxygen atoms in total. The van der Waals surface area contributed by atoms with Crippen LogP contribution in [-0.4, -0.2) is 52.1 Å². The van der Waals surface area contributed by atoms with E-state index in [2.05, 4.69) is 10.3 Å². The molecule has 2 aliphatic rings. The molecule has 2 atom stereocenters. The molecule has 0 aromatic carbocycles.